The third-order valence-electron chi connectivity index (χ3n) is 2.21. The van der Waals surface area contributed by atoms with Crippen molar-refractivity contribution in [3.05, 3.63) is 38.3 Å². The highest BCUT2D eigenvalue weighted by atomic mass is 16.6. The highest BCUT2D eigenvalue weighted by molar-refractivity contribution is 5.94. The summed E-state index contributed by atoms with van der Waals surface area (Å²) in [4.78, 5) is 36.4. The van der Waals surface area contributed by atoms with Gasteiger partial charge in [0.15, 0.2) is 0 Å². The first-order valence-electron chi connectivity index (χ1n) is 5.13. The Balaban J connectivity index is 3.08. The molecule has 0 spiro atoms. The molecular formula is C10H13N3O5. The maximum Gasteiger partial charge on any atom is 0.286 e. The molecule has 2 N–H and O–H groups in total. The summed E-state index contributed by atoms with van der Waals surface area (Å²) in [7, 11) is 1.40. The highest BCUT2D eigenvalue weighted by Gasteiger charge is 2.20. The predicted octanol–water partition coefficient (Wildman–Crippen LogP) is -0.264. The molecule has 98 valence electrons. The Labute approximate surface area is 102 Å². The average molecular weight is 255 g/mol. The number of hydrogen-bond acceptors (Lipinski definition) is 5. The van der Waals surface area contributed by atoms with Gasteiger partial charge in [0.05, 0.1) is 17.2 Å². The smallest absolute Gasteiger partial charge is 0.286 e. The molecule has 0 saturated carbocycles. The molecule has 1 atom stereocenters. The van der Waals surface area contributed by atoms with Gasteiger partial charge in [0.1, 0.15) is 5.56 Å². The number of hydrogen-bond donors (Lipinski definition) is 2. The molecule has 1 amide bonds. The number of pyridine rings is 1. The van der Waals surface area contributed by atoms with Crippen LogP contribution in [0.5, 0.6) is 0 Å². The van der Waals surface area contributed by atoms with Crippen molar-refractivity contribution in [3.8, 4) is 0 Å². The van der Waals surface area contributed by atoms with E-state index in [2.05, 4.69) is 4.98 Å². The number of nitro groups is 1. The highest BCUT2D eigenvalue weighted by Crippen LogP contribution is 2.09. The van der Waals surface area contributed by atoms with Gasteiger partial charge in [-0.1, -0.05) is 0 Å². The van der Waals surface area contributed by atoms with Gasteiger partial charge in [0.25, 0.3) is 17.2 Å². The largest absolute Gasteiger partial charge is 0.392 e. The maximum atomic E-state index is 11.8. The van der Waals surface area contributed by atoms with E-state index in [9.17, 15) is 19.7 Å². The minimum Gasteiger partial charge on any atom is -0.392 e. The van der Waals surface area contributed by atoms with Crippen LogP contribution in [0.2, 0.25) is 0 Å². The molecule has 8 nitrogen and oxygen atoms in total. The molecule has 0 aliphatic carbocycles. The number of aromatic amines is 1. The van der Waals surface area contributed by atoms with Gasteiger partial charge >= 0.3 is 0 Å². The van der Waals surface area contributed by atoms with E-state index in [0.29, 0.717) is 0 Å². The summed E-state index contributed by atoms with van der Waals surface area (Å²) in [6.45, 7) is 1.52. The Bertz CT molecular complexity index is 522. The van der Waals surface area contributed by atoms with E-state index in [-0.39, 0.29) is 17.8 Å². The summed E-state index contributed by atoms with van der Waals surface area (Å²) in [5, 5.41) is 19.7. The van der Waals surface area contributed by atoms with Crippen LogP contribution in [0.15, 0.2) is 17.1 Å². The van der Waals surface area contributed by atoms with Crippen molar-refractivity contribution in [2.75, 3.05) is 13.6 Å². The second-order valence-electron chi connectivity index (χ2n) is 3.89. The number of aliphatic hydroxyl groups excluding tert-OH is 1. The molecule has 1 unspecified atom stereocenters. The summed E-state index contributed by atoms with van der Waals surface area (Å²) in [6, 6.07) is 0.916. The first-order valence-corrected chi connectivity index (χ1v) is 5.13. The van der Waals surface area contributed by atoms with Gasteiger partial charge in [-0.2, -0.15) is 0 Å². The van der Waals surface area contributed by atoms with Gasteiger partial charge in [-0.05, 0) is 6.92 Å². The summed E-state index contributed by atoms with van der Waals surface area (Å²) in [5.41, 5.74) is -1.40. The standard InChI is InChI=1S/C10H13N3O5/c1-6(14)5-12(2)10(16)8-3-7(13(17)18)4-11-9(8)15/h3-4,6,14H,5H2,1-2H3,(H,11,15). The Morgan fingerprint density at radius 1 is 1.67 bits per heavy atom. The van der Waals surface area contributed by atoms with Gasteiger partial charge in [0.2, 0.25) is 0 Å². The molecular weight excluding hydrogens is 242 g/mol. The van der Waals surface area contributed by atoms with Crippen LogP contribution in [0.4, 0.5) is 5.69 Å². The fraction of sp³-hybridized carbons (Fsp3) is 0.400. The van der Waals surface area contributed by atoms with E-state index in [1.165, 1.54) is 14.0 Å². The normalized spacial score (nSPS) is 11.9. The number of nitrogens with zero attached hydrogens (tertiary/aromatic N) is 2. The number of aliphatic hydroxyl groups is 1. The fourth-order valence-electron chi connectivity index (χ4n) is 1.42. The number of rotatable bonds is 4. The van der Waals surface area contributed by atoms with Gasteiger partial charge < -0.3 is 15.0 Å². The quantitative estimate of drug-likeness (QED) is 0.567. The zero-order chi connectivity index (χ0) is 13.9. The number of likely N-dealkylation sites (N-methyl/N-ethyl adjacent to an activating group) is 1. The zero-order valence-corrected chi connectivity index (χ0v) is 9.91. The van der Waals surface area contributed by atoms with Crippen molar-refractivity contribution < 1.29 is 14.8 Å². The number of H-pyrrole nitrogens is 1. The maximum absolute atomic E-state index is 11.8. The molecule has 18 heavy (non-hydrogen) atoms. The van der Waals surface area contributed by atoms with Crippen molar-refractivity contribution in [1.29, 1.82) is 0 Å². The van der Waals surface area contributed by atoms with E-state index in [1.54, 1.807) is 0 Å². The Morgan fingerprint density at radius 3 is 2.78 bits per heavy atom. The second-order valence-corrected chi connectivity index (χ2v) is 3.89. The van der Waals surface area contributed by atoms with Crippen LogP contribution in [0, 0.1) is 10.1 Å². The summed E-state index contributed by atoms with van der Waals surface area (Å²) in [5.74, 6) is -0.680. The van der Waals surface area contributed by atoms with Gasteiger partial charge in [0, 0.05) is 19.7 Å². The lowest BCUT2D eigenvalue weighted by Crippen LogP contribution is -2.36. The van der Waals surface area contributed by atoms with Gasteiger partial charge in [-0.15, -0.1) is 0 Å². The Hall–Kier alpha value is -2.22. The molecule has 0 radical (unpaired) electrons. The van der Waals surface area contributed by atoms with E-state index < -0.39 is 22.5 Å². The van der Waals surface area contributed by atoms with E-state index >= 15 is 0 Å². The molecule has 0 aromatic carbocycles. The SMILES string of the molecule is CC(O)CN(C)C(=O)c1cc([N+](=O)[O-])c[nH]c1=O. The summed E-state index contributed by atoms with van der Waals surface area (Å²) >= 11 is 0. The molecule has 1 heterocycles. The zero-order valence-electron chi connectivity index (χ0n) is 9.91. The lowest BCUT2D eigenvalue weighted by molar-refractivity contribution is -0.385. The molecule has 8 heteroatoms. The topological polar surface area (TPSA) is 117 Å². The van der Waals surface area contributed by atoms with E-state index in [4.69, 9.17) is 5.11 Å². The predicted molar refractivity (Wildman–Crippen MR) is 62.4 cm³/mol. The first-order chi connectivity index (χ1) is 8.32. The molecule has 0 bridgehead atoms. The van der Waals surface area contributed by atoms with Crippen LogP contribution in [0.25, 0.3) is 0 Å². The third-order valence-corrected chi connectivity index (χ3v) is 2.21. The second kappa shape index (κ2) is 5.41. The van der Waals surface area contributed by atoms with Crippen molar-refractivity contribution in [3.63, 3.8) is 0 Å². The third kappa shape index (κ3) is 3.14. The lowest BCUT2D eigenvalue weighted by Gasteiger charge is -2.18. The molecule has 0 fully saturated rings. The van der Waals surface area contributed by atoms with Crippen LogP contribution >= 0.6 is 0 Å². The minimum absolute atomic E-state index is 0.0287. The number of nitrogens with one attached hydrogen (secondary N) is 1. The Morgan fingerprint density at radius 2 is 2.28 bits per heavy atom. The van der Waals surface area contributed by atoms with E-state index in [1.807, 2.05) is 0 Å². The number of aromatic nitrogens is 1. The van der Waals surface area contributed by atoms with E-state index in [0.717, 1.165) is 17.2 Å². The van der Waals surface area contributed by atoms with Crippen LogP contribution in [-0.4, -0.2) is 45.5 Å². The fourth-order valence-corrected chi connectivity index (χ4v) is 1.42. The molecule has 0 saturated heterocycles. The molecule has 0 aliphatic heterocycles. The molecule has 1 rings (SSSR count). The van der Waals surface area contributed by atoms with Crippen molar-refractivity contribution in [2.24, 2.45) is 0 Å². The lowest BCUT2D eigenvalue weighted by atomic mass is 10.2. The van der Waals surface area contributed by atoms with Crippen LogP contribution in [0.3, 0.4) is 0 Å². The average Bonchev–Trinajstić information content (AvgIpc) is 2.27. The Kier molecular flexibility index (Phi) is 4.16. The summed E-state index contributed by atoms with van der Waals surface area (Å²) < 4.78 is 0. The number of amides is 1. The van der Waals surface area contributed by atoms with Crippen molar-refractivity contribution >= 4 is 11.6 Å². The molecule has 0 aliphatic rings. The van der Waals surface area contributed by atoms with Crippen LogP contribution in [0.1, 0.15) is 17.3 Å². The number of carbonyl (C=O) groups is 1. The molecule has 1 aromatic heterocycles. The molecule has 1 aromatic rings. The minimum atomic E-state index is -0.753. The monoisotopic (exact) mass is 255 g/mol. The van der Waals surface area contributed by atoms with Crippen molar-refractivity contribution in [2.45, 2.75) is 13.0 Å². The van der Waals surface area contributed by atoms with Gasteiger partial charge in [-0.3, -0.25) is 19.7 Å². The number of carbonyl (C=O) groups excluding carboxylic acids is 1. The van der Waals surface area contributed by atoms with Gasteiger partial charge in [-0.25, -0.2) is 0 Å². The van der Waals surface area contributed by atoms with Crippen molar-refractivity contribution in [1.82, 2.24) is 9.88 Å². The summed E-state index contributed by atoms with van der Waals surface area (Å²) in [6.07, 6.45) is 0.171. The first kappa shape index (κ1) is 13.8. The van der Waals surface area contributed by atoms with Crippen LogP contribution in [-0.2, 0) is 0 Å². The van der Waals surface area contributed by atoms with Crippen LogP contribution < -0.4 is 5.56 Å².